The van der Waals surface area contributed by atoms with Crippen LogP contribution in [0.3, 0.4) is 0 Å². The average Bonchev–Trinajstić information content (AvgIpc) is 3.25. The molecule has 2 aromatic rings. The van der Waals surface area contributed by atoms with Crippen LogP contribution in [0, 0.1) is 0 Å². The summed E-state index contributed by atoms with van der Waals surface area (Å²) in [6.07, 6.45) is -3.39. The predicted molar refractivity (Wildman–Crippen MR) is 117 cm³/mol. The fourth-order valence-electron chi connectivity index (χ4n) is 5.43. The lowest BCUT2D eigenvalue weighted by Crippen LogP contribution is -2.39. The summed E-state index contributed by atoms with van der Waals surface area (Å²) in [7, 11) is 0. The molecule has 0 aromatic heterocycles. The summed E-state index contributed by atoms with van der Waals surface area (Å²) in [6, 6.07) is 12.0. The molecule has 186 valence electrons. The third kappa shape index (κ3) is 5.77. The lowest BCUT2D eigenvalue weighted by atomic mass is 9.79. The Bertz CT molecular complexity index is 920. The number of alkyl halides is 6. The summed E-state index contributed by atoms with van der Waals surface area (Å²) in [6.45, 7) is 2.08. The Morgan fingerprint density at radius 3 is 2.06 bits per heavy atom. The van der Waals surface area contributed by atoms with Crippen LogP contribution in [0.25, 0.3) is 0 Å². The van der Waals surface area contributed by atoms with E-state index < -0.39 is 23.5 Å². The number of hydrogen-bond donors (Lipinski definition) is 0. The van der Waals surface area contributed by atoms with Gasteiger partial charge in [0.15, 0.2) is 0 Å². The van der Waals surface area contributed by atoms with Gasteiger partial charge in [-0.15, -0.1) is 0 Å². The molecule has 0 amide bonds. The van der Waals surface area contributed by atoms with Crippen molar-refractivity contribution in [3.05, 3.63) is 70.8 Å². The monoisotopic (exact) mass is 485 g/mol. The summed E-state index contributed by atoms with van der Waals surface area (Å²) in [5.74, 6) is 0. The maximum Gasteiger partial charge on any atom is 0.416 e. The van der Waals surface area contributed by atoms with E-state index in [9.17, 15) is 26.3 Å². The zero-order valence-electron chi connectivity index (χ0n) is 18.9. The molecule has 2 unspecified atom stereocenters. The molecular weight excluding hydrogens is 456 g/mol. The topological polar surface area (TPSA) is 12.5 Å². The molecule has 1 aliphatic carbocycles. The van der Waals surface area contributed by atoms with E-state index >= 15 is 0 Å². The molecule has 2 aliphatic rings. The first kappa shape index (κ1) is 25.0. The fraction of sp³-hybridized carbons (Fsp3) is 0.538. The van der Waals surface area contributed by atoms with Crippen LogP contribution in [0.4, 0.5) is 26.3 Å². The van der Waals surface area contributed by atoms with Crippen molar-refractivity contribution in [2.75, 3.05) is 19.7 Å². The summed E-state index contributed by atoms with van der Waals surface area (Å²) < 4.78 is 85.0. The van der Waals surface area contributed by atoms with Gasteiger partial charge in [-0.05, 0) is 74.5 Å². The number of nitrogens with zero attached hydrogens (tertiary/aromatic N) is 1. The molecule has 2 nitrogen and oxygen atoms in total. The third-order valence-electron chi connectivity index (χ3n) is 7.17. The zero-order valence-corrected chi connectivity index (χ0v) is 18.9. The van der Waals surface area contributed by atoms with Crippen molar-refractivity contribution in [2.45, 2.75) is 68.9 Å². The van der Waals surface area contributed by atoms with Gasteiger partial charge < -0.3 is 9.64 Å². The van der Waals surface area contributed by atoms with Crippen molar-refractivity contribution in [3.8, 4) is 0 Å². The van der Waals surface area contributed by atoms with Crippen molar-refractivity contribution < 1.29 is 31.1 Å². The number of hydrogen-bond acceptors (Lipinski definition) is 2. The lowest BCUT2D eigenvalue weighted by Gasteiger charge is -2.35. The Labute approximate surface area is 195 Å². The Morgan fingerprint density at radius 1 is 0.853 bits per heavy atom. The Balaban J connectivity index is 1.52. The lowest BCUT2D eigenvalue weighted by molar-refractivity contribution is -0.143. The average molecular weight is 486 g/mol. The standard InChI is InChI=1S/C26H29F6NO/c27-25(28,29)21-13-19(14-22(15-21)26(30,31)32)17-34-18-24(20-7-3-1-4-8-20)10-9-23(16-24)33-11-5-2-6-12-33/h1,3-4,7-8,13-15,23H,2,5-6,9-12,16-18H2. The highest BCUT2D eigenvalue weighted by atomic mass is 19.4. The quantitative estimate of drug-likeness (QED) is 0.401. The summed E-state index contributed by atoms with van der Waals surface area (Å²) in [5, 5.41) is 0. The van der Waals surface area contributed by atoms with Gasteiger partial charge in [0.2, 0.25) is 0 Å². The number of ether oxygens (including phenoxy) is 1. The number of benzene rings is 2. The van der Waals surface area contributed by atoms with E-state index in [4.69, 9.17) is 4.74 Å². The van der Waals surface area contributed by atoms with Crippen LogP contribution < -0.4 is 0 Å². The van der Waals surface area contributed by atoms with Crippen LogP contribution in [-0.2, 0) is 29.1 Å². The van der Waals surface area contributed by atoms with E-state index in [1.54, 1.807) is 0 Å². The molecule has 2 atom stereocenters. The molecule has 0 bridgehead atoms. The van der Waals surface area contributed by atoms with E-state index in [2.05, 4.69) is 4.90 Å². The van der Waals surface area contributed by atoms with Crippen LogP contribution in [-0.4, -0.2) is 30.6 Å². The van der Waals surface area contributed by atoms with Crippen LogP contribution in [0.1, 0.15) is 60.8 Å². The molecule has 2 fully saturated rings. The molecule has 34 heavy (non-hydrogen) atoms. The molecular formula is C26H29F6NO. The van der Waals surface area contributed by atoms with Gasteiger partial charge in [-0.2, -0.15) is 26.3 Å². The Kier molecular flexibility index (Phi) is 7.29. The van der Waals surface area contributed by atoms with E-state index in [1.165, 1.54) is 19.3 Å². The van der Waals surface area contributed by atoms with Crippen LogP contribution in [0.5, 0.6) is 0 Å². The summed E-state index contributed by atoms with van der Waals surface area (Å²) in [5.41, 5.74) is -1.96. The smallest absolute Gasteiger partial charge is 0.376 e. The molecule has 1 saturated carbocycles. The first-order valence-corrected chi connectivity index (χ1v) is 11.7. The highest BCUT2D eigenvalue weighted by Gasteiger charge is 2.43. The minimum Gasteiger partial charge on any atom is -0.376 e. The third-order valence-corrected chi connectivity index (χ3v) is 7.17. The first-order valence-electron chi connectivity index (χ1n) is 11.7. The second kappa shape index (κ2) is 9.90. The Hall–Kier alpha value is -2.06. The van der Waals surface area contributed by atoms with Crippen molar-refractivity contribution in [2.24, 2.45) is 0 Å². The minimum absolute atomic E-state index is 0.129. The zero-order chi connectivity index (χ0) is 24.4. The molecule has 2 aromatic carbocycles. The minimum atomic E-state index is -4.87. The normalized spacial score (nSPS) is 24.5. The molecule has 1 heterocycles. The van der Waals surface area contributed by atoms with E-state index in [0.29, 0.717) is 6.04 Å². The van der Waals surface area contributed by atoms with Crippen molar-refractivity contribution >= 4 is 0 Å². The van der Waals surface area contributed by atoms with Crippen molar-refractivity contribution in [1.29, 1.82) is 0 Å². The fourth-order valence-corrected chi connectivity index (χ4v) is 5.43. The molecule has 1 aliphatic heterocycles. The highest BCUT2D eigenvalue weighted by molar-refractivity contribution is 5.33. The number of rotatable bonds is 6. The first-order chi connectivity index (χ1) is 16.1. The van der Waals surface area contributed by atoms with Gasteiger partial charge in [-0.25, -0.2) is 0 Å². The number of halogens is 6. The van der Waals surface area contributed by atoms with Crippen molar-refractivity contribution in [3.63, 3.8) is 0 Å². The second-order valence-corrected chi connectivity index (χ2v) is 9.55. The van der Waals surface area contributed by atoms with Gasteiger partial charge in [-0.3, -0.25) is 0 Å². The van der Waals surface area contributed by atoms with Gasteiger partial charge >= 0.3 is 12.4 Å². The SMILES string of the molecule is FC(F)(F)c1cc(COCC2(c3ccccc3)CCC(N3CCCCC3)C2)cc(C(F)(F)F)c1. The van der Waals surface area contributed by atoms with E-state index in [0.717, 1.165) is 50.0 Å². The maximum absolute atomic E-state index is 13.2. The summed E-state index contributed by atoms with van der Waals surface area (Å²) in [4.78, 5) is 2.52. The van der Waals surface area contributed by atoms with Gasteiger partial charge in [0.05, 0.1) is 24.3 Å². The maximum atomic E-state index is 13.2. The molecule has 1 saturated heterocycles. The van der Waals surface area contributed by atoms with Crippen molar-refractivity contribution in [1.82, 2.24) is 4.90 Å². The summed E-state index contributed by atoms with van der Waals surface area (Å²) >= 11 is 0. The second-order valence-electron chi connectivity index (χ2n) is 9.55. The number of likely N-dealkylation sites (tertiary alicyclic amines) is 1. The van der Waals surface area contributed by atoms with Crippen LogP contribution in [0.2, 0.25) is 0 Å². The van der Waals surface area contributed by atoms with Gasteiger partial charge in [-0.1, -0.05) is 36.8 Å². The Morgan fingerprint density at radius 2 is 1.47 bits per heavy atom. The molecule has 0 spiro atoms. The van der Waals surface area contributed by atoms with Gasteiger partial charge in [0.25, 0.3) is 0 Å². The van der Waals surface area contributed by atoms with Gasteiger partial charge in [0, 0.05) is 11.5 Å². The molecule has 0 N–H and O–H groups in total. The van der Waals surface area contributed by atoms with Crippen LogP contribution >= 0.6 is 0 Å². The van der Waals surface area contributed by atoms with Gasteiger partial charge in [0.1, 0.15) is 0 Å². The highest BCUT2D eigenvalue weighted by Crippen LogP contribution is 2.44. The molecule has 4 rings (SSSR count). The largest absolute Gasteiger partial charge is 0.416 e. The van der Waals surface area contributed by atoms with Crippen LogP contribution in [0.15, 0.2) is 48.5 Å². The number of piperidine rings is 1. The molecule has 0 radical (unpaired) electrons. The van der Waals surface area contributed by atoms with E-state index in [1.807, 2.05) is 30.3 Å². The molecule has 8 heteroatoms. The predicted octanol–water partition coefficient (Wildman–Crippen LogP) is 7.22. The van der Waals surface area contributed by atoms with E-state index in [-0.39, 0.29) is 30.3 Å².